The van der Waals surface area contributed by atoms with Gasteiger partial charge in [0.2, 0.25) is 0 Å². The summed E-state index contributed by atoms with van der Waals surface area (Å²) >= 11 is 1.36. The summed E-state index contributed by atoms with van der Waals surface area (Å²) < 4.78 is 14.5. The van der Waals surface area contributed by atoms with Gasteiger partial charge in [0.05, 0.1) is 38.2 Å². The molecule has 0 aromatic carbocycles. The van der Waals surface area contributed by atoms with Gasteiger partial charge in [-0.3, -0.25) is 18.5 Å². The van der Waals surface area contributed by atoms with Crippen molar-refractivity contribution in [3.8, 4) is 0 Å². The van der Waals surface area contributed by atoms with E-state index >= 15 is 0 Å². The molecule has 0 aliphatic carbocycles. The van der Waals surface area contributed by atoms with Gasteiger partial charge in [-0.15, -0.1) is 11.3 Å². The van der Waals surface area contributed by atoms with E-state index in [9.17, 15) is 14.4 Å². The molecular weight excluding hydrogens is 372 g/mol. The summed E-state index contributed by atoms with van der Waals surface area (Å²) in [5, 5.41) is 0.505. The lowest BCUT2D eigenvalue weighted by Gasteiger charge is -2.11. The molecule has 9 nitrogen and oxygen atoms in total. The van der Waals surface area contributed by atoms with Gasteiger partial charge < -0.3 is 14.5 Å². The number of ether oxygens (including phenoxy) is 2. The van der Waals surface area contributed by atoms with Crippen LogP contribution in [0, 0.1) is 6.92 Å². The van der Waals surface area contributed by atoms with Gasteiger partial charge in [0.25, 0.3) is 5.56 Å². The highest BCUT2D eigenvalue weighted by molar-refractivity contribution is 7.18. The van der Waals surface area contributed by atoms with Gasteiger partial charge in [0.1, 0.15) is 4.83 Å². The standard InChI is InChI=1S/C17H22N4O5S/c1-11-12(10-19-5-4-18-16(19)23)27-15-13(11)14(22)20(6-8-25-2)17(24)21(15)7-9-26-3/h4-5H,6-10H2,1-3H3,(H,18,23). The Balaban J connectivity index is 2.22. The summed E-state index contributed by atoms with van der Waals surface area (Å²) in [6, 6.07) is 0. The number of rotatable bonds is 8. The Bertz CT molecular complexity index is 1120. The van der Waals surface area contributed by atoms with Crippen LogP contribution in [0.3, 0.4) is 0 Å². The smallest absolute Gasteiger partial charge is 0.332 e. The van der Waals surface area contributed by atoms with Crippen molar-refractivity contribution in [2.24, 2.45) is 0 Å². The number of aryl methyl sites for hydroxylation is 1. The number of imidazole rings is 1. The third kappa shape index (κ3) is 3.55. The second-order valence-electron chi connectivity index (χ2n) is 6.10. The third-order valence-corrected chi connectivity index (χ3v) is 5.77. The predicted octanol–water partition coefficient (Wildman–Crippen LogP) is 0.364. The molecule has 0 atom stereocenters. The third-order valence-electron chi connectivity index (χ3n) is 4.47. The van der Waals surface area contributed by atoms with Crippen LogP contribution < -0.4 is 16.9 Å². The first kappa shape index (κ1) is 19.3. The molecule has 0 saturated carbocycles. The summed E-state index contributed by atoms with van der Waals surface area (Å²) in [4.78, 5) is 41.7. The molecule has 0 amide bonds. The van der Waals surface area contributed by atoms with Crippen molar-refractivity contribution in [3.05, 3.63) is 54.2 Å². The number of aromatic amines is 1. The molecule has 0 bridgehead atoms. The Labute approximate surface area is 158 Å². The molecule has 0 saturated heterocycles. The molecular formula is C17H22N4O5S. The molecule has 3 aromatic heterocycles. The van der Waals surface area contributed by atoms with Crippen LogP contribution in [0.25, 0.3) is 10.2 Å². The zero-order valence-electron chi connectivity index (χ0n) is 15.5. The summed E-state index contributed by atoms with van der Waals surface area (Å²) in [6.45, 7) is 3.31. The lowest BCUT2D eigenvalue weighted by Crippen LogP contribution is -2.41. The normalized spacial score (nSPS) is 11.5. The Hall–Kier alpha value is -2.43. The van der Waals surface area contributed by atoms with Crippen LogP contribution in [0.5, 0.6) is 0 Å². The summed E-state index contributed by atoms with van der Waals surface area (Å²) in [6.07, 6.45) is 3.22. The maximum atomic E-state index is 13.0. The van der Waals surface area contributed by atoms with Crippen LogP contribution in [-0.2, 0) is 29.1 Å². The van der Waals surface area contributed by atoms with E-state index in [1.165, 1.54) is 27.6 Å². The number of methoxy groups -OCH3 is 2. The highest BCUT2D eigenvalue weighted by atomic mass is 32.1. The number of H-pyrrole nitrogens is 1. The highest BCUT2D eigenvalue weighted by Gasteiger charge is 2.20. The SMILES string of the molecule is COCCn1c(=O)c2c(C)c(Cn3cc[nH]c3=O)sc2n(CCOC)c1=O. The van der Waals surface area contributed by atoms with Gasteiger partial charge in [-0.05, 0) is 12.5 Å². The molecule has 0 aliphatic heterocycles. The molecule has 0 spiro atoms. The molecule has 146 valence electrons. The largest absolute Gasteiger partial charge is 0.383 e. The monoisotopic (exact) mass is 394 g/mol. The molecule has 0 aliphatic rings. The number of hydrogen-bond donors (Lipinski definition) is 1. The second kappa shape index (κ2) is 8.07. The van der Waals surface area contributed by atoms with Crippen LogP contribution in [0.2, 0.25) is 0 Å². The fourth-order valence-electron chi connectivity index (χ4n) is 2.98. The molecule has 27 heavy (non-hydrogen) atoms. The first-order valence-electron chi connectivity index (χ1n) is 8.46. The Morgan fingerprint density at radius 3 is 2.33 bits per heavy atom. The zero-order valence-corrected chi connectivity index (χ0v) is 16.3. The number of nitrogens with zero attached hydrogens (tertiary/aromatic N) is 3. The average Bonchev–Trinajstić information content (AvgIpc) is 3.19. The number of nitrogens with one attached hydrogen (secondary N) is 1. The quantitative estimate of drug-likeness (QED) is 0.595. The van der Waals surface area contributed by atoms with E-state index in [2.05, 4.69) is 4.98 Å². The highest BCUT2D eigenvalue weighted by Crippen LogP contribution is 2.28. The van der Waals surface area contributed by atoms with Gasteiger partial charge in [0, 0.05) is 31.5 Å². The minimum Gasteiger partial charge on any atom is -0.383 e. The lowest BCUT2D eigenvalue weighted by atomic mass is 10.2. The summed E-state index contributed by atoms with van der Waals surface area (Å²) in [5.74, 6) is 0. The van der Waals surface area contributed by atoms with Crippen LogP contribution in [-0.4, -0.2) is 46.1 Å². The molecule has 1 N–H and O–H groups in total. The predicted molar refractivity (Wildman–Crippen MR) is 103 cm³/mol. The fourth-order valence-corrected chi connectivity index (χ4v) is 4.29. The van der Waals surface area contributed by atoms with Gasteiger partial charge in [-0.1, -0.05) is 0 Å². The molecule has 0 unspecified atom stereocenters. The topological polar surface area (TPSA) is 100 Å². The van der Waals surface area contributed by atoms with E-state index < -0.39 is 0 Å². The maximum absolute atomic E-state index is 13.0. The average molecular weight is 394 g/mol. The minimum atomic E-state index is -0.381. The van der Waals surface area contributed by atoms with Gasteiger partial charge >= 0.3 is 11.4 Å². The van der Waals surface area contributed by atoms with Crippen LogP contribution in [0.15, 0.2) is 26.8 Å². The van der Waals surface area contributed by atoms with Crippen molar-refractivity contribution in [3.63, 3.8) is 0 Å². The Morgan fingerprint density at radius 1 is 1.07 bits per heavy atom. The first-order chi connectivity index (χ1) is 13.0. The Kier molecular flexibility index (Phi) is 5.78. The van der Waals surface area contributed by atoms with Crippen molar-refractivity contribution in [2.75, 3.05) is 27.4 Å². The van der Waals surface area contributed by atoms with E-state index in [0.717, 1.165) is 10.4 Å². The number of fused-ring (bicyclic) bond motifs is 1. The molecule has 0 fully saturated rings. The zero-order chi connectivity index (χ0) is 19.6. The van der Waals surface area contributed by atoms with Gasteiger partial charge in [0.15, 0.2) is 0 Å². The summed E-state index contributed by atoms with van der Waals surface area (Å²) in [7, 11) is 3.09. The van der Waals surface area contributed by atoms with Crippen LogP contribution in [0.4, 0.5) is 0 Å². The Morgan fingerprint density at radius 2 is 1.74 bits per heavy atom. The number of aromatic nitrogens is 4. The molecule has 0 radical (unpaired) electrons. The van der Waals surface area contributed by atoms with E-state index in [-0.39, 0.29) is 30.1 Å². The number of thiophene rings is 1. The van der Waals surface area contributed by atoms with E-state index in [1.807, 2.05) is 6.92 Å². The molecule has 10 heteroatoms. The van der Waals surface area contributed by atoms with Gasteiger partial charge in [-0.25, -0.2) is 9.59 Å². The lowest BCUT2D eigenvalue weighted by molar-refractivity contribution is 0.179. The second-order valence-corrected chi connectivity index (χ2v) is 7.18. The number of hydrogen-bond acceptors (Lipinski definition) is 6. The molecule has 3 rings (SSSR count). The van der Waals surface area contributed by atoms with E-state index in [4.69, 9.17) is 9.47 Å². The van der Waals surface area contributed by atoms with Crippen molar-refractivity contribution in [1.29, 1.82) is 0 Å². The van der Waals surface area contributed by atoms with E-state index in [1.54, 1.807) is 24.1 Å². The van der Waals surface area contributed by atoms with Crippen molar-refractivity contribution in [1.82, 2.24) is 18.7 Å². The van der Waals surface area contributed by atoms with Crippen molar-refractivity contribution < 1.29 is 9.47 Å². The van der Waals surface area contributed by atoms with Gasteiger partial charge in [-0.2, -0.15) is 0 Å². The van der Waals surface area contributed by atoms with Crippen LogP contribution in [0.1, 0.15) is 10.4 Å². The molecule has 3 aromatic rings. The van der Waals surface area contributed by atoms with Crippen molar-refractivity contribution >= 4 is 21.6 Å². The first-order valence-corrected chi connectivity index (χ1v) is 9.28. The maximum Gasteiger partial charge on any atom is 0.332 e. The summed E-state index contributed by atoms with van der Waals surface area (Å²) in [5.41, 5.74) is -0.151. The van der Waals surface area contributed by atoms with Crippen molar-refractivity contribution in [2.45, 2.75) is 26.6 Å². The van der Waals surface area contributed by atoms with Crippen LogP contribution >= 0.6 is 11.3 Å². The minimum absolute atomic E-state index is 0.180. The fraction of sp³-hybridized carbons (Fsp3) is 0.471. The molecule has 3 heterocycles. The van der Waals surface area contributed by atoms with E-state index in [0.29, 0.717) is 29.9 Å².